The number of anilines is 2. The van der Waals surface area contributed by atoms with Gasteiger partial charge in [0.05, 0.1) is 16.3 Å². The number of nitrogens with one attached hydrogen (secondary N) is 2. The minimum Gasteiger partial charge on any atom is -0.376 e. The number of hydrogen-bond donors (Lipinski definition) is 2. The van der Waals surface area contributed by atoms with Crippen molar-refractivity contribution in [1.82, 2.24) is 9.62 Å². The average Bonchev–Trinajstić information content (AvgIpc) is 2.78. The molecule has 2 N–H and O–H groups in total. The van der Waals surface area contributed by atoms with Crippen molar-refractivity contribution in [2.24, 2.45) is 0 Å². The zero-order chi connectivity index (χ0) is 23.9. The highest BCUT2D eigenvalue weighted by Crippen LogP contribution is 2.29. The van der Waals surface area contributed by atoms with E-state index in [0.29, 0.717) is 30.0 Å². The molecule has 8 nitrogen and oxygen atoms in total. The van der Waals surface area contributed by atoms with E-state index in [4.69, 9.17) is 0 Å². The van der Waals surface area contributed by atoms with Crippen LogP contribution >= 0.6 is 0 Å². The van der Waals surface area contributed by atoms with Crippen molar-refractivity contribution in [2.45, 2.75) is 18.7 Å². The fourth-order valence-electron chi connectivity index (χ4n) is 3.11. The third kappa shape index (κ3) is 5.95. The highest BCUT2D eigenvalue weighted by atomic mass is 32.2. The summed E-state index contributed by atoms with van der Waals surface area (Å²) in [5.41, 5.74) is 2.35. The first-order valence-corrected chi connectivity index (χ1v) is 11.7. The molecule has 0 aliphatic heterocycles. The van der Waals surface area contributed by atoms with Crippen LogP contribution in [0.2, 0.25) is 0 Å². The summed E-state index contributed by atoms with van der Waals surface area (Å²) < 4.78 is 27.1. The number of hydrogen-bond acceptors (Lipinski definition) is 5. The van der Waals surface area contributed by atoms with E-state index in [1.54, 1.807) is 68.3 Å². The van der Waals surface area contributed by atoms with Crippen molar-refractivity contribution in [3.8, 4) is 0 Å². The minimum atomic E-state index is -3.66. The number of carbonyl (C=O) groups is 2. The van der Waals surface area contributed by atoms with Gasteiger partial charge in [0.25, 0.3) is 5.91 Å². The van der Waals surface area contributed by atoms with Crippen molar-refractivity contribution in [3.63, 3.8) is 0 Å². The van der Waals surface area contributed by atoms with Gasteiger partial charge in [0.15, 0.2) is 0 Å². The van der Waals surface area contributed by atoms with E-state index in [0.717, 1.165) is 5.56 Å². The van der Waals surface area contributed by atoms with Crippen LogP contribution in [0.25, 0.3) is 6.08 Å². The van der Waals surface area contributed by atoms with Gasteiger partial charge in [-0.05, 0) is 42.0 Å². The maximum absolute atomic E-state index is 12.9. The molecule has 2 aromatic rings. The number of sulfonamides is 1. The molecule has 0 heterocycles. The molecule has 2 amide bonds. The van der Waals surface area contributed by atoms with Crippen LogP contribution in [0.4, 0.5) is 11.4 Å². The van der Waals surface area contributed by atoms with Gasteiger partial charge in [-0.1, -0.05) is 26.0 Å². The topological polar surface area (TPSA) is 98.8 Å². The Morgan fingerprint density at radius 1 is 1.00 bits per heavy atom. The number of benzene rings is 2. The molecular weight excluding hydrogens is 428 g/mol. The molecule has 32 heavy (non-hydrogen) atoms. The van der Waals surface area contributed by atoms with Gasteiger partial charge in [0.1, 0.15) is 0 Å². The third-order valence-corrected chi connectivity index (χ3v) is 6.92. The first kappa shape index (κ1) is 25.1. The fraction of sp³-hybridized carbons (Fsp3) is 0.304. The molecule has 0 unspecified atom stereocenters. The van der Waals surface area contributed by atoms with Crippen molar-refractivity contribution < 1.29 is 18.0 Å². The van der Waals surface area contributed by atoms with Crippen LogP contribution in [0, 0.1) is 0 Å². The van der Waals surface area contributed by atoms with E-state index in [1.165, 1.54) is 16.4 Å². The number of rotatable bonds is 9. The second-order valence-corrected chi connectivity index (χ2v) is 9.12. The summed E-state index contributed by atoms with van der Waals surface area (Å²) in [6, 6.07) is 11.5. The molecule has 0 bridgehead atoms. The molecular formula is C23H30N4O4S. The smallest absolute Gasteiger partial charge is 0.251 e. The molecule has 2 rings (SSSR count). The Kier molecular flexibility index (Phi) is 8.56. The highest BCUT2D eigenvalue weighted by Gasteiger charge is 2.23. The Hall–Kier alpha value is -3.17. The Labute approximate surface area is 190 Å². The van der Waals surface area contributed by atoms with Crippen molar-refractivity contribution in [1.29, 1.82) is 0 Å². The Balaban J connectivity index is 2.27. The lowest BCUT2D eigenvalue weighted by Gasteiger charge is -2.22. The fourth-order valence-corrected chi connectivity index (χ4v) is 4.60. The van der Waals surface area contributed by atoms with Gasteiger partial charge in [0.2, 0.25) is 15.9 Å². The van der Waals surface area contributed by atoms with Gasteiger partial charge in [-0.3, -0.25) is 9.59 Å². The zero-order valence-corrected chi connectivity index (χ0v) is 19.9. The van der Waals surface area contributed by atoms with Gasteiger partial charge in [-0.15, -0.1) is 0 Å². The standard InChI is InChI=1S/C23H30N4O4S/c1-6-27(7-2)32(30,31)19-13-14-21(26(4)5)20(16-19)25-22(28)15-10-17-8-11-18(12-9-17)23(29)24-3/h8-16H,6-7H2,1-5H3,(H,24,29)(H,25,28). The Morgan fingerprint density at radius 2 is 1.62 bits per heavy atom. The molecule has 0 spiro atoms. The van der Waals surface area contributed by atoms with Crippen molar-refractivity contribution in [3.05, 3.63) is 59.7 Å². The number of nitrogens with zero attached hydrogens (tertiary/aromatic N) is 2. The van der Waals surface area contributed by atoms with Gasteiger partial charge >= 0.3 is 0 Å². The third-order valence-electron chi connectivity index (χ3n) is 4.88. The summed E-state index contributed by atoms with van der Waals surface area (Å²) in [5, 5.41) is 5.32. The Morgan fingerprint density at radius 3 is 2.16 bits per heavy atom. The molecule has 172 valence electrons. The van der Waals surface area contributed by atoms with Crippen LogP contribution in [0.15, 0.2) is 53.4 Å². The maximum Gasteiger partial charge on any atom is 0.251 e. The van der Waals surface area contributed by atoms with Crippen LogP contribution in [-0.2, 0) is 14.8 Å². The summed E-state index contributed by atoms with van der Waals surface area (Å²) in [7, 11) is 1.53. The van der Waals surface area contributed by atoms with Gasteiger partial charge in [0, 0.05) is 45.9 Å². The van der Waals surface area contributed by atoms with Gasteiger partial charge in [-0.25, -0.2) is 8.42 Å². The second kappa shape index (κ2) is 10.9. The van der Waals surface area contributed by atoms with Gasteiger partial charge in [-0.2, -0.15) is 4.31 Å². The quantitative estimate of drug-likeness (QED) is 0.563. The Bertz CT molecular complexity index is 1090. The van der Waals surface area contributed by atoms with Gasteiger partial charge < -0.3 is 15.5 Å². The molecule has 0 radical (unpaired) electrons. The SMILES string of the molecule is CCN(CC)S(=O)(=O)c1ccc(N(C)C)c(NC(=O)C=Cc2ccc(C(=O)NC)cc2)c1. The molecule has 2 aromatic carbocycles. The van der Waals surface area contributed by atoms with Crippen LogP contribution in [0.1, 0.15) is 29.8 Å². The van der Waals surface area contributed by atoms with E-state index in [9.17, 15) is 18.0 Å². The highest BCUT2D eigenvalue weighted by molar-refractivity contribution is 7.89. The van der Waals surface area contributed by atoms with E-state index < -0.39 is 15.9 Å². The first-order valence-electron chi connectivity index (χ1n) is 10.3. The summed E-state index contributed by atoms with van der Waals surface area (Å²) >= 11 is 0. The number of amides is 2. The molecule has 0 atom stereocenters. The van der Waals surface area contributed by atoms with Crippen molar-refractivity contribution >= 4 is 39.3 Å². The van der Waals surface area contributed by atoms with Crippen LogP contribution in [0.3, 0.4) is 0 Å². The van der Waals surface area contributed by atoms with E-state index in [2.05, 4.69) is 10.6 Å². The lowest BCUT2D eigenvalue weighted by atomic mass is 10.1. The molecule has 0 aliphatic rings. The predicted octanol–water partition coefficient (Wildman–Crippen LogP) is 2.79. The largest absolute Gasteiger partial charge is 0.376 e. The van der Waals surface area contributed by atoms with Crippen LogP contribution in [0.5, 0.6) is 0 Å². The van der Waals surface area contributed by atoms with Crippen LogP contribution in [-0.4, -0.2) is 58.8 Å². The molecule has 0 aromatic heterocycles. The second-order valence-electron chi connectivity index (χ2n) is 7.19. The molecule has 9 heteroatoms. The van der Waals surface area contributed by atoms with E-state index in [1.807, 2.05) is 14.1 Å². The monoisotopic (exact) mass is 458 g/mol. The summed E-state index contributed by atoms with van der Waals surface area (Å²) in [6.45, 7) is 4.28. The number of carbonyl (C=O) groups excluding carboxylic acids is 2. The predicted molar refractivity (Wildman–Crippen MR) is 128 cm³/mol. The lowest BCUT2D eigenvalue weighted by molar-refractivity contribution is -0.111. The summed E-state index contributed by atoms with van der Waals surface area (Å²) in [6.07, 6.45) is 2.98. The molecule has 0 saturated heterocycles. The van der Waals surface area contributed by atoms with Crippen LogP contribution < -0.4 is 15.5 Å². The zero-order valence-electron chi connectivity index (χ0n) is 19.0. The molecule has 0 saturated carbocycles. The van der Waals surface area contributed by atoms with Crippen molar-refractivity contribution in [2.75, 3.05) is 44.4 Å². The van der Waals surface area contributed by atoms with E-state index in [-0.39, 0.29) is 10.8 Å². The summed E-state index contributed by atoms with van der Waals surface area (Å²) in [5.74, 6) is -0.588. The minimum absolute atomic E-state index is 0.121. The summed E-state index contributed by atoms with van der Waals surface area (Å²) in [4.78, 5) is 26.1. The van der Waals surface area contributed by atoms with E-state index >= 15 is 0 Å². The average molecular weight is 459 g/mol. The molecule has 0 aliphatic carbocycles. The maximum atomic E-state index is 12.9. The normalized spacial score (nSPS) is 11.6. The molecule has 0 fully saturated rings. The first-order chi connectivity index (χ1) is 15.1. The lowest BCUT2D eigenvalue weighted by Crippen LogP contribution is -2.30.